The van der Waals surface area contributed by atoms with E-state index in [0.29, 0.717) is 11.0 Å². The zero-order valence-electron chi connectivity index (χ0n) is 11.6. The molecule has 106 valence electrons. The van der Waals surface area contributed by atoms with Gasteiger partial charge in [0.05, 0.1) is 0 Å². The van der Waals surface area contributed by atoms with Crippen molar-refractivity contribution in [3.63, 3.8) is 0 Å². The number of hydrogen-bond acceptors (Lipinski definition) is 3. The van der Waals surface area contributed by atoms with Gasteiger partial charge in [0.2, 0.25) is 5.76 Å². The van der Waals surface area contributed by atoms with Crippen molar-refractivity contribution in [2.24, 2.45) is 5.41 Å². The Hall–Kier alpha value is -1.81. The van der Waals surface area contributed by atoms with E-state index in [4.69, 9.17) is 9.52 Å². The average molecular weight is 273 g/mol. The van der Waals surface area contributed by atoms with Crippen LogP contribution in [0.15, 0.2) is 28.7 Å². The molecule has 4 nitrogen and oxygen atoms in total. The number of carboxylic acids is 1. The van der Waals surface area contributed by atoms with E-state index in [-0.39, 0.29) is 5.76 Å². The fourth-order valence-corrected chi connectivity index (χ4v) is 2.61. The summed E-state index contributed by atoms with van der Waals surface area (Å²) in [4.78, 5) is 10.9. The third-order valence-corrected chi connectivity index (χ3v) is 4.33. The molecular weight excluding hydrogens is 254 g/mol. The molecule has 1 aliphatic carbocycles. The molecule has 3 rings (SSSR count). The highest BCUT2D eigenvalue weighted by molar-refractivity contribution is 5.91. The van der Waals surface area contributed by atoms with Gasteiger partial charge in [-0.3, -0.25) is 0 Å². The van der Waals surface area contributed by atoms with Crippen molar-refractivity contribution in [2.75, 3.05) is 6.54 Å². The van der Waals surface area contributed by atoms with Gasteiger partial charge in [-0.25, -0.2) is 4.79 Å². The molecule has 0 saturated heterocycles. The van der Waals surface area contributed by atoms with E-state index in [2.05, 4.69) is 12.2 Å². The summed E-state index contributed by atoms with van der Waals surface area (Å²) in [6.45, 7) is 4.12. The van der Waals surface area contributed by atoms with Crippen molar-refractivity contribution in [1.82, 2.24) is 5.32 Å². The largest absolute Gasteiger partial charge is 0.475 e. The molecule has 0 bridgehead atoms. The van der Waals surface area contributed by atoms with Gasteiger partial charge in [-0.15, -0.1) is 0 Å². The van der Waals surface area contributed by atoms with E-state index in [9.17, 15) is 4.79 Å². The number of carbonyl (C=O) groups is 1. The Labute approximate surface area is 117 Å². The molecule has 0 aliphatic heterocycles. The van der Waals surface area contributed by atoms with Gasteiger partial charge in [-0.1, -0.05) is 13.0 Å². The molecule has 1 aliphatic rings. The van der Waals surface area contributed by atoms with Gasteiger partial charge in [-0.2, -0.15) is 0 Å². The van der Waals surface area contributed by atoms with Crippen LogP contribution < -0.4 is 5.32 Å². The van der Waals surface area contributed by atoms with Crippen molar-refractivity contribution in [3.8, 4) is 0 Å². The molecule has 0 atom stereocenters. The van der Waals surface area contributed by atoms with Crippen LogP contribution in [0.2, 0.25) is 0 Å². The second kappa shape index (κ2) is 4.94. The molecule has 0 radical (unpaired) electrons. The first-order chi connectivity index (χ1) is 9.62. The van der Waals surface area contributed by atoms with E-state index in [0.717, 1.165) is 24.0 Å². The highest BCUT2D eigenvalue weighted by atomic mass is 16.4. The average Bonchev–Trinajstić information content (AvgIpc) is 3.08. The van der Waals surface area contributed by atoms with Crippen molar-refractivity contribution in [3.05, 3.63) is 35.6 Å². The van der Waals surface area contributed by atoms with E-state index >= 15 is 0 Å². The summed E-state index contributed by atoms with van der Waals surface area (Å²) < 4.78 is 5.25. The Morgan fingerprint density at radius 1 is 1.40 bits per heavy atom. The number of furan rings is 1. The summed E-state index contributed by atoms with van der Waals surface area (Å²) in [5.74, 6) is -1.03. The maximum atomic E-state index is 10.9. The summed E-state index contributed by atoms with van der Waals surface area (Å²) >= 11 is 0. The van der Waals surface area contributed by atoms with Crippen LogP contribution in [0.1, 0.15) is 42.3 Å². The fraction of sp³-hybridized carbons (Fsp3) is 0.438. The Morgan fingerprint density at radius 3 is 2.85 bits per heavy atom. The Kier molecular flexibility index (Phi) is 3.26. The maximum absolute atomic E-state index is 10.9. The molecule has 1 aromatic heterocycles. The van der Waals surface area contributed by atoms with Gasteiger partial charge in [0.15, 0.2) is 0 Å². The Balaban J connectivity index is 1.67. The smallest absolute Gasteiger partial charge is 0.371 e. The van der Waals surface area contributed by atoms with Crippen LogP contribution in [0.4, 0.5) is 0 Å². The number of carboxylic acid groups (broad SMARTS) is 1. The predicted octanol–water partition coefficient (Wildman–Crippen LogP) is 3.41. The SMILES string of the molecule is CCC1(CNCc2ccc3oc(C(=O)O)cc3c2)CC1. The molecule has 0 amide bonds. The van der Waals surface area contributed by atoms with Gasteiger partial charge < -0.3 is 14.8 Å². The van der Waals surface area contributed by atoms with Gasteiger partial charge in [-0.05, 0) is 48.4 Å². The molecular formula is C16H19NO3. The van der Waals surface area contributed by atoms with E-state index < -0.39 is 5.97 Å². The minimum absolute atomic E-state index is 0.00646. The van der Waals surface area contributed by atoms with E-state index in [1.807, 2.05) is 18.2 Å². The van der Waals surface area contributed by atoms with Crippen molar-refractivity contribution in [1.29, 1.82) is 0 Å². The first-order valence-corrected chi connectivity index (χ1v) is 7.08. The lowest BCUT2D eigenvalue weighted by Gasteiger charge is -2.13. The normalized spacial score (nSPS) is 16.4. The highest BCUT2D eigenvalue weighted by Crippen LogP contribution is 2.47. The molecule has 2 N–H and O–H groups in total. The minimum Gasteiger partial charge on any atom is -0.475 e. The number of rotatable bonds is 6. The molecule has 4 heteroatoms. The number of nitrogens with one attached hydrogen (secondary N) is 1. The lowest BCUT2D eigenvalue weighted by atomic mass is 10.0. The van der Waals surface area contributed by atoms with Crippen molar-refractivity contribution in [2.45, 2.75) is 32.7 Å². The quantitative estimate of drug-likeness (QED) is 0.846. The fourth-order valence-electron chi connectivity index (χ4n) is 2.61. The van der Waals surface area contributed by atoms with Crippen LogP contribution in [0.25, 0.3) is 11.0 Å². The second-order valence-corrected chi connectivity index (χ2v) is 5.75. The number of benzene rings is 1. The number of aromatic carboxylic acids is 1. The maximum Gasteiger partial charge on any atom is 0.371 e. The van der Waals surface area contributed by atoms with Crippen LogP contribution in [-0.4, -0.2) is 17.6 Å². The van der Waals surface area contributed by atoms with E-state index in [1.54, 1.807) is 6.07 Å². The molecule has 0 unspecified atom stereocenters. The van der Waals surface area contributed by atoms with Gasteiger partial charge in [0.25, 0.3) is 0 Å². The zero-order chi connectivity index (χ0) is 14.2. The zero-order valence-corrected chi connectivity index (χ0v) is 11.6. The summed E-state index contributed by atoms with van der Waals surface area (Å²) in [5, 5.41) is 13.3. The Morgan fingerprint density at radius 2 is 2.20 bits per heavy atom. The summed E-state index contributed by atoms with van der Waals surface area (Å²) in [6.07, 6.45) is 3.90. The molecule has 2 aromatic rings. The van der Waals surface area contributed by atoms with Crippen LogP contribution in [0.5, 0.6) is 0 Å². The van der Waals surface area contributed by atoms with E-state index in [1.165, 1.54) is 19.3 Å². The summed E-state index contributed by atoms with van der Waals surface area (Å²) in [5.41, 5.74) is 2.32. The van der Waals surface area contributed by atoms with Gasteiger partial charge >= 0.3 is 5.97 Å². The monoisotopic (exact) mass is 273 g/mol. The van der Waals surface area contributed by atoms with Gasteiger partial charge in [0.1, 0.15) is 5.58 Å². The third-order valence-electron chi connectivity index (χ3n) is 4.33. The number of hydrogen-bond donors (Lipinski definition) is 2. The molecule has 1 heterocycles. The first kappa shape index (κ1) is 13.2. The minimum atomic E-state index is -1.03. The Bertz CT molecular complexity index is 640. The topological polar surface area (TPSA) is 62.5 Å². The molecule has 1 saturated carbocycles. The van der Waals surface area contributed by atoms with Crippen LogP contribution >= 0.6 is 0 Å². The predicted molar refractivity (Wildman–Crippen MR) is 76.8 cm³/mol. The highest BCUT2D eigenvalue weighted by Gasteiger charge is 2.39. The van der Waals surface area contributed by atoms with Crippen LogP contribution in [-0.2, 0) is 6.54 Å². The first-order valence-electron chi connectivity index (χ1n) is 7.08. The van der Waals surface area contributed by atoms with Crippen LogP contribution in [0.3, 0.4) is 0 Å². The summed E-state index contributed by atoms with van der Waals surface area (Å²) in [7, 11) is 0. The van der Waals surface area contributed by atoms with Crippen LogP contribution in [0, 0.1) is 5.41 Å². The summed E-state index contributed by atoms with van der Waals surface area (Å²) in [6, 6.07) is 7.39. The number of fused-ring (bicyclic) bond motifs is 1. The van der Waals surface area contributed by atoms with Crippen molar-refractivity contribution < 1.29 is 14.3 Å². The third kappa shape index (κ3) is 2.56. The van der Waals surface area contributed by atoms with Crippen molar-refractivity contribution >= 4 is 16.9 Å². The molecule has 1 aromatic carbocycles. The molecule has 0 spiro atoms. The lowest BCUT2D eigenvalue weighted by Crippen LogP contribution is -2.23. The standard InChI is InChI=1S/C16H19NO3/c1-2-16(5-6-16)10-17-9-11-3-4-13-12(7-11)8-14(20-13)15(18)19/h3-4,7-8,17H,2,5-6,9-10H2,1H3,(H,18,19). The lowest BCUT2D eigenvalue weighted by molar-refractivity contribution is 0.0665. The molecule has 20 heavy (non-hydrogen) atoms. The molecule has 1 fully saturated rings. The van der Waals surface area contributed by atoms with Gasteiger partial charge in [0, 0.05) is 18.5 Å². The second-order valence-electron chi connectivity index (χ2n) is 5.75.